The molecule has 0 saturated heterocycles. The highest BCUT2D eigenvalue weighted by molar-refractivity contribution is 7.94. The van der Waals surface area contributed by atoms with Gasteiger partial charge in [-0.1, -0.05) is 41.4 Å². The molecular formula is C24H26ClN5O4S. The molecule has 11 heteroatoms. The van der Waals surface area contributed by atoms with Gasteiger partial charge in [0.25, 0.3) is 0 Å². The fourth-order valence-electron chi connectivity index (χ4n) is 2.77. The number of hydroxylamine groups is 1. The number of hydrogen-bond acceptors (Lipinski definition) is 9. The van der Waals surface area contributed by atoms with Crippen molar-refractivity contribution in [3.8, 4) is 0 Å². The standard InChI is InChI=1S/C24H26ClN5O4S/c1-15-4-6-18(7-5-15)24(30-28-21-13-19(25)8-9-22(21)32)29-27-20-12-16(2)17(3)23(14-20)35-34-33-26-10-11-31/h4-9,12-14,26-27,31H,10-11H2,1-3H3,(H,29,30)/b28-21+/i8D. The van der Waals surface area contributed by atoms with Crippen molar-refractivity contribution in [1.29, 1.82) is 0 Å². The number of allylic oxidation sites excluding steroid dienone is 4. The summed E-state index contributed by atoms with van der Waals surface area (Å²) in [6, 6.07) is 11.3. The largest absolute Gasteiger partial charge is 0.395 e. The second-order valence-corrected chi connectivity index (χ2v) is 8.61. The molecule has 2 aromatic rings. The van der Waals surface area contributed by atoms with E-state index in [9.17, 15) is 4.79 Å². The van der Waals surface area contributed by atoms with Crippen LogP contribution in [-0.4, -0.2) is 35.6 Å². The minimum Gasteiger partial charge on any atom is -0.395 e. The summed E-state index contributed by atoms with van der Waals surface area (Å²) in [7, 11) is 0. The zero-order chi connectivity index (χ0) is 26.1. The number of carbonyl (C=O) groups is 1. The van der Waals surface area contributed by atoms with Gasteiger partial charge in [-0.05, 0) is 62.2 Å². The Morgan fingerprint density at radius 3 is 2.74 bits per heavy atom. The van der Waals surface area contributed by atoms with E-state index in [2.05, 4.69) is 26.5 Å². The molecule has 0 fully saturated rings. The monoisotopic (exact) mass is 516 g/mol. The molecule has 1 aliphatic rings. The number of aliphatic hydroxyl groups excluding tert-OH is 1. The van der Waals surface area contributed by atoms with Crippen LogP contribution in [0.4, 0.5) is 5.69 Å². The number of rotatable bonds is 10. The number of hydrogen-bond donors (Lipinski definition) is 4. The van der Waals surface area contributed by atoms with Crippen LogP contribution in [0.5, 0.6) is 0 Å². The van der Waals surface area contributed by atoms with Crippen molar-refractivity contribution in [2.75, 3.05) is 18.6 Å². The minimum absolute atomic E-state index is 0.0586. The van der Waals surface area contributed by atoms with Gasteiger partial charge in [0, 0.05) is 22.0 Å². The van der Waals surface area contributed by atoms with E-state index < -0.39 is 5.78 Å². The number of ketones is 1. The smallest absolute Gasteiger partial charge is 0.206 e. The topological polar surface area (TPSA) is 117 Å². The van der Waals surface area contributed by atoms with E-state index in [4.69, 9.17) is 27.4 Å². The molecular weight excluding hydrogens is 490 g/mol. The van der Waals surface area contributed by atoms with Gasteiger partial charge in [-0.2, -0.15) is 15.7 Å². The molecule has 0 unspecified atom stereocenters. The van der Waals surface area contributed by atoms with E-state index in [0.29, 0.717) is 11.5 Å². The first-order valence-electron chi connectivity index (χ1n) is 11.1. The number of aryl methyl sites for hydroxylation is 2. The Labute approximate surface area is 214 Å². The van der Waals surface area contributed by atoms with Crippen LogP contribution in [0.2, 0.25) is 0 Å². The first-order chi connectivity index (χ1) is 17.3. The van der Waals surface area contributed by atoms with Gasteiger partial charge in [0.15, 0.2) is 5.84 Å². The van der Waals surface area contributed by atoms with Gasteiger partial charge in [-0.15, -0.1) is 9.32 Å². The molecule has 0 atom stereocenters. The first kappa shape index (κ1) is 25.1. The number of nitrogens with zero attached hydrogens (tertiary/aromatic N) is 2. The predicted molar refractivity (Wildman–Crippen MR) is 139 cm³/mol. The summed E-state index contributed by atoms with van der Waals surface area (Å²) in [6.07, 6.45) is 2.45. The number of benzene rings is 2. The lowest BCUT2D eigenvalue weighted by atomic mass is 10.1. The van der Waals surface area contributed by atoms with Crippen LogP contribution in [0.25, 0.3) is 0 Å². The summed E-state index contributed by atoms with van der Waals surface area (Å²) >= 11 is 7.01. The van der Waals surface area contributed by atoms with Crippen molar-refractivity contribution in [2.45, 2.75) is 25.7 Å². The van der Waals surface area contributed by atoms with E-state index in [1.165, 1.54) is 6.08 Å². The quantitative estimate of drug-likeness (QED) is 0.0711. The number of amidine groups is 1. The Hall–Kier alpha value is -2.99. The highest BCUT2D eigenvalue weighted by Gasteiger charge is 2.12. The van der Waals surface area contributed by atoms with Gasteiger partial charge in [0.2, 0.25) is 5.78 Å². The summed E-state index contributed by atoms with van der Waals surface area (Å²) < 4.78 is 12.7. The lowest BCUT2D eigenvalue weighted by molar-refractivity contribution is -0.245. The van der Waals surface area contributed by atoms with Crippen LogP contribution < -0.4 is 16.3 Å². The van der Waals surface area contributed by atoms with Crippen LogP contribution in [-0.2, 0) is 14.1 Å². The van der Waals surface area contributed by atoms with E-state index in [0.717, 1.165) is 45.3 Å². The van der Waals surface area contributed by atoms with Crippen molar-refractivity contribution in [3.05, 3.63) is 81.9 Å². The normalized spacial score (nSPS) is 15.6. The SMILES string of the molecule is [2H]C1=CC(=O)/C(=N/N/C(=N\Nc2cc(C)c(C)c(SOONCCO)c2)c2ccc(C)cc2)C=C1Cl. The number of aliphatic hydroxyl groups is 1. The second kappa shape index (κ2) is 13.2. The Balaban J connectivity index is 1.83. The molecule has 3 rings (SSSR count). The van der Waals surface area contributed by atoms with Crippen molar-refractivity contribution >= 4 is 46.7 Å². The fourth-order valence-corrected chi connectivity index (χ4v) is 3.55. The second-order valence-electron chi connectivity index (χ2n) is 7.46. The Morgan fingerprint density at radius 2 is 2.00 bits per heavy atom. The average molecular weight is 517 g/mol. The summed E-state index contributed by atoms with van der Waals surface area (Å²) in [5, 5.41) is 17.5. The van der Waals surface area contributed by atoms with Crippen molar-refractivity contribution in [1.82, 2.24) is 10.9 Å². The van der Waals surface area contributed by atoms with Crippen LogP contribution >= 0.6 is 23.6 Å². The number of halogens is 1. The lowest BCUT2D eigenvalue weighted by Crippen LogP contribution is -2.24. The molecule has 0 bridgehead atoms. The molecule has 2 aromatic carbocycles. The number of nitrogens with one attached hydrogen (secondary N) is 3. The van der Waals surface area contributed by atoms with Gasteiger partial charge in [0.05, 0.1) is 25.7 Å². The van der Waals surface area contributed by atoms with Crippen molar-refractivity contribution in [2.24, 2.45) is 10.2 Å². The summed E-state index contributed by atoms with van der Waals surface area (Å²) in [5.41, 5.74) is 12.9. The Bertz CT molecular complexity index is 1230. The molecule has 0 radical (unpaired) electrons. The Kier molecular flexibility index (Phi) is 9.47. The molecule has 0 saturated carbocycles. The first-order valence-corrected chi connectivity index (χ1v) is 11.7. The molecule has 0 amide bonds. The van der Waals surface area contributed by atoms with Gasteiger partial charge in [0.1, 0.15) is 5.71 Å². The molecule has 1 aliphatic carbocycles. The van der Waals surface area contributed by atoms with Gasteiger partial charge < -0.3 is 5.11 Å². The van der Waals surface area contributed by atoms with Crippen LogP contribution in [0.1, 0.15) is 23.6 Å². The predicted octanol–water partition coefficient (Wildman–Crippen LogP) is 4.04. The third-order valence-electron chi connectivity index (χ3n) is 4.81. The van der Waals surface area contributed by atoms with Gasteiger partial charge in [-0.3, -0.25) is 15.6 Å². The van der Waals surface area contributed by atoms with Gasteiger partial charge in [-0.25, -0.2) is 0 Å². The molecule has 0 spiro atoms. The van der Waals surface area contributed by atoms with Crippen LogP contribution in [0, 0.1) is 20.8 Å². The maximum Gasteiger partial charge on any atom is 0.206 e. The third-order valence-corrected chi connectivity index (χ3v) is 5.77. The molecule has 9 nitrogen and oxygen atoms in total. The van der Waals surface area contributed by atoms with E-state index in [1.54, 1.807) is 0 Å². The summed E-state index contributed by atoms with van der Waals surface area (Å²) in [5.74, 6) is -0.0691. The maximum absolute atomic E-state index is 12.2. The van der Waals surface area contributed by atoms with Crippen molar-refractivity contribution < 1.29 is 20.6 Å². The fraction of sp³-hybridized carbons (Fsp3) is 0.208. The Morgan fingerprint density at radius 1 is 1.23 bits per heavy atom. The minimum atomic E-state index is -0.431. The van der Waals surface area contributed by atoms with Crippen LogP contribution in [0.15, 0.2) is 74.7 Å². The molecule has 184 valence electrons. The molecule has 0 aliphatic heterocycles. The number of carbonyl (C=O) groups excluding carboxylic acids is 1. The van der Waals surface area contributed by atoms with E-state index >= 15 is 0 Å². The molecule has 35 heavy (non-hydrogen) atoms. The van der Waals surface area contributed by atoms with Gasteiger partial charge >= 0.3 is 0 Å². The molecule has 0 aromatic heterocycles. The summed E-state index contributed by atoms with van der Waals surface area (Å²) in [6.45, 7) is 6.06. The maximum atomic E-state index is 12.2. The van der Waals surface area contributed by atoms with Crippen LogP contribution in [0.3, 0.4) is 0 Å². The number of anilines is 1. The summed E-state index contributed by atoms with van der Waals surface area (Å²) in [4.78, 5) is 17.8. The zero-order valence-electron chi connectivity index (χ0n) is 20.4. The highest BCUT2D eigenvalue weighted by Crippen LogP contribution is 2.29. The highest BCUT2D eigenvalue weighted by atomic mass is 35.5. The zero-order valence-corrected chi connectivity index (χ0v) is 21.0. The average Bonchev–Trinajstić information content (AvgIpc) is 2.85. The van der Waals surface area contributed by atoms with E-state index in [1.807, 2.05) is 57.2 Å². The third kappa shape index (κ3) is 8.03. The van der Waals surface area contributed by atoms with Crippen molar-refractivity contribution in [3.63, 3.8) is 0 Å². The molecule has 0 heterocycles. The molecule has 4 N–H and O–H groups in total. The van der Waals surface area contributed by atoms with E-state index in [-0.39, 0.29) is 29.9 Å². The number of hydrazone groups is 2. The lowest BCUT2D eigenvalue weighted by Gasteiger charge is -2.12.